The van der Waals surface area contributed by atoms with Crippen molar-refractivity contribution in [1.82, 2.24) is 0 Å². The summed E-state index contributed by atoms with van der Waals surface area (Å²) >= 11 is 3.34. The zero-order chi connectivity index (χ0) is 7.40. The lowest BCUT2D eigenvalue weighted by Crippen LogP contribution is -1.82. The first-order valence-electron chi connectivity index (χ1n) is 3.06. The van der Waals surface area contributed by atoms with Gasteiger partial charge in [-0.05, 0) is 23.9 Å². The summed E-state index contributed by atoms with van der Waals surface area (Å²) in [5, 5.41) is 6.86. The average Bonchev–Trinajstić information content (AvgIpc) is 1.95. The maximum atomic E-state index is 6.86. The molecule has 52 valence electrons. The number of nitrogens with one attached hydrogen (secondary N) is 1. The highest BCUT2D eigenvalue weighted by Gasteiger charge is 1.87. The van der Waals surface area contributed by atoms with E-state index in [1.165, 1.54) is 11.8 Å². The van der Waals surface area contributed by atoms with Crippen LogP contribution in [0.3, 0.4) is 0 Å². The van der Waals surface area contributed by atoms with Gasteiger partial charge in [-0.15, -0.1) is 0 Å². The van der Waals surface area contributed by atoms with Gasteiger partial charge in [-0.1, -0.05) is 28.1 Å². The Labute approximate surface area is 68.7 Å². The summed E-state index contributed by atoms with van der Waals surface area (Å²) in [4.78, 5) is 0. The third kappa shape index (κ3) is 1.95. The van der Waals surface area contributed by atoms with Crippen LogP contribution in [0.25, 0.3) is 0 Å². The maximum Gasteiger partial charge on any atom is 0.0175 e. The summed E-state index contributed by atoms with van der Waals surface area (Å²) in [6.07, 6.45) is 2.14. The summed E-state index contributed by atoms with van der Waals surface area (Å²) < 4.78 is 1.08. The molecule has 0 atom stereocenters. The van der Waals surface area contributed by atoms with E-state index in [-0.39, 0.29) is 0 Å². The second-order valence-electron chi connectivity index (χ2n) is 2.03. The molecule has 1 N–H and O–H groups in total. The molecule has 0 aliphatic carbocycles. The Morgan fingerprint density at radius 3 is 2.40 bits per heavy atom. The van der Waals surface area contributed by atoms with Crippen molar-refractivity contribution in [2.24, 2.45) is 0 Å². The smallest absolute Gasteiger partial charge is 0.0175 e. The molecule has 0 amide bonds. The number of rotatable bonds is 2. The lowest BCUT2D eigenvalue weighted by Gasteiger charge is -1.93. The lowest BCUT2D eigenvalue weighted by atomic mass is 10.2. The zero-order valence-electron chi connectivity index (χ0n) is 5.47. The quantitative estimate of drug-likeness (QED) is 0.706. The summed E-state index contributed by atoms with van der Waals surface area (Å²) in [6.45, 7) is 0. The van der Waals surface area contributed by atoms with Gasteiger partial charge in [0.25, 0.3) is 0 Å². The molecule has 0 fully saturated rings. The lowest BCUT2D eigenvalue weighted by molar-refractivity contribution is 1.32. The van der Waals surface area contributed by atoms with Crippen molar-refractivity contribution in [1.29, 1.82) is 5.41 Å². The fourth-order valence-corrected chi connectivity index (χ4v) is 1.00. The van der Waals surface area contributed by atoms with E-state index in [1.54, 1.807) is 0 Å². The van der Waals surface area contributed by atoms with Gasteiger partial charge in [0, 0.05) is 10.9 Å². The van der Waals surface area contributed by atoms with Gasteiger partial charge in [0.2, 0.25) is 0 Å². The van der Waals surface area contributed by atoms with Gasteiger partial charge < -0.3 is 5.41 Å². The van der Waals surface area contributed by atoms with Crippen molar-refractivity contribution < 1.29 is 0 Å². The molecule has 0 heterocycles. The number of halogens is 1. The van der Waals surface area contributed by atoms with Gasteiger partial charge in [0.1, 0.15) is 0 Å². The van der Waals surface area contributed by atoms with Crippen LogP contribution in [0.5, 0.6) is 0 Å². The fourth-order valence-electron chi connectivity index (χ4n) is 0.738. The number of benzene rings is 1. The molecule has 0 unspecified atom stereocenters. The summed E-state index contributed by atoms with van der Waals surface area (Å²) in [6, 6.07) is 7.99. The predicted octanol–water partition coefficient (Wildman–Crippen LogP) is 2.64. The molecule has 2 heteroatoms. The highest BCUT2D eigenvalue weighted by atomic mass is 79.9. The summed E-state index contributed by atoms with van der Waals surface area (Å²) in [5.74, 6) is 0. The molecule has 1 aromatic rings. The molecule has 0 spiro atoms. The Morgan fingerprint density at radius 1 is 1.30 bits per heavy atom. The first-order chi connectivity index (χ1) is 4.83. The minimum atomic E-state index is 0.729. The van der Waals surface area contributed by atoms with Crippen LogP contribution in [-0.4, -0.2) is 6.21 Å². The molecular weight excluding hydrogens is 190 g/mol. The molecule has 0 radical (unpaired) electrons. The molecule has 1 aromatic carbocycles. The summed E-state index contributed by atoms with van der Waals surface area (Å²) in [7, 11) is 0. The largest absolute Gasteiger partial charge is 0.313 e. The second-order valence-corrected chi connectivity index (χ2v) is 2.95. The third-order valence-corrected chi connectivity index (χ3v) is 1.78. The first-order valence-corrected chi connectivity index (χ1v) is 3.85. The maximum absolute atomic E-state index is 6.86. The van der Waals surface area contributed by atoms with E-state index in [4.69, 9.17) is 5.41 Å². The zero-order valence-corrected chi connectivity index (χ0v) is 7.06. The van der Waals surface area contributed by atoms with E-state index < -0.39 is 0 Å². The van der Waals surface area contributed by atoms with Crippen LogP contribution in [0.2, 0.25) is 0 Å². The number of hydrogen-bond donors (Lipinski definition) is 1. The van der Waals surface area contributed by atoms with Gasteiger partial charge in [0.15, 0.2) is 0 Å². The monoisotopic (exact) mass is 197 g/mol. The fraction of sp³-hybridized carbons (Fsp3) is 0.125. The SMILES string of the molecule is N=CCc1ccc(Br)cc1. The molecule has 0 aliphatic heterocycles. The molecule has 1 rings (SSSR count). The van der Waals surface area contributed by atoms with E-state index in [1.807, 2.05) is 24.3 Å². The van der Waals surface area contributed by atoms with Crippen LogP contribution >= 0.6 is 15.9 Å². The number of hydrogen-bond acceptors (Lipinski definition) is 1. The van der Waals surface area contributed by atoms with Crippen LogP contribution in [0.4, 0.5) is 0 Å². The Balaban J connectivity index is 2.78. The Bertz CT molecular complexity index is 215. The van der Waals surface area contributed by atoms with Crippen molar-refractivity contribution in [3.05, 3.63) is 34.3 Å². The summed E-state index contributed by atoms with van der Waals surface area (Å²) in [5.41, 5.74) is 1.18. The predicted molar refractivity (Wildman–Crippen MR) is 46.6 cm³/mol. The molecule has 0 aliphatic rings. The molecule has 0 saturated carbocycles. The normalized spacial score (nSPS) is 9.30. The highest BCUT2D eigenvalue weighted by Crippen LogP contribution is 2.09. The van der Waals surface area contributed by atoms with Gasteiger partial charge in [-0.3, -0.25) is 0 Å². The first kappa shape index (κ1) is 7.48. The van der Waals surface area contributed by atoms with Gasteiger partial charge in [0.05, 0.1) is 0 Å². The van der Waals surface area contributed by atoms with Crippen molar-refractivity contribution >= 4 is 22.1 Å². The molecule has 10 heavy (non-hydrogen) atoms. The van der Waals surface area contributed by atoms with Crippen molar-refractivity contribution in [3.63, 3.8) is 0 Å². The molecule has 1 nitrogen and oxygen atoms in total. The third-order valence-electron chi connectivity index (χ3n) is 1.25. The highest BCUT2D eigenvalue weighted by molar-refractivity contribution is 9.10. The molecule has 0 bridgehead atoms. The minimum absolute atomic E-state index is 0.729. The standard InChI is InChI=1S/C8H8BrN/c9-8-3-1-7(2-4-8)5-6-10/h1-4,6,10H,5H2. The molecule has 0 aromatic heterocycles. The van der Waals surface area contributed by atoms with Crippen LogP contribution in [0, 0.1) is 5.41 Å². The molecular formula is C8H8BrN. The Kier molecular flexibility index (Phi) is 2.63. The van der Waals surface area contributed by atoms with E-state index in [9.17, 15) is 0 Å². The van der Waals surface area contributed by atoms with E-state index in [0.29, 0.717) is 0 Å². The Morgan fingerprint density at radius 2 is 1.90 bits per heavy atom. The van der Waals surface area contributed by atoms with Crippen LogP contribution in [0.1, 0.15) is 5.56 Å². The van der Waals surface area contributed by atoms with Crippen LogP contribution in [-0.2, 0) is 6.42 Å². The minimum Gasteiger partial charge on any atom is -0.313 e. The van der Waals surface area contributed by atoms with Gasteiger partial charge >= 0.3 is 0 Å². The van der Waals surface area contributed by atoms with Crippen molar-refractivity contribution in [3.8, 4) is 0 Å². The van der Waals surface area contributed by atoms with E-state index in [0.717, 1.165) is 10.9 Å². The molecule has 0 saturated heterocycles. The van der Waals surface area contributed by atoms with Crippen molar-refractivity contribution in [2.45, 2.75) is 6.42 Å². The second kappa shape index (κ2) is 3.52. The Hall–Kier alpha value is -0.630. The van der Waals surface area contributed by atoms with E-state index >= 15 is 0 Å². The average molecular weight is 198 g/mol. The van der Waals surface area contributed by atoms with Crippen LogP contribution < -0.4 is 0 Å². The van der Waals surface area contributed by atoms with Crippen LogP contribution in [0.15, 0.2) is 28.7 Å². The van der Waals surface area contributed by atoms with Crippen molar-refractivity contribution in [2.75, 3.05) is 0 Å². The topological polar surface area (TPSA) is 23.9 Å². The van der Waals surface area contributed by atoms with Gasteiger partial charge in [-0.2, -0.15) is 0 Å². The van der Waals surface area contributed by atoms with E-state index in [2.05, 4.69) is 15.9 Å². The van der Waals surface area contributed by atoms with Gasteiger partial charge in [-0.25, -0.2) is 0 Å².